The predicted molar refractivity (Wildman–Crippen MR) is 87.1 cm³/mol. The molecule has 0 saturated heterocycles. The molecule has 21 heavy (non-hydrogen) atoms. The van der Waals surface area contributed by atoms with Crippen molar-refractivity contribution in [2.75, 3.05) is 24.2 Å². The van der Waals surface area contributed by atoms with E-state index in [-0.39, 0.29) is 10.6 Å². The number of methoxy groups -OCH3 is 1. The Morgan fingerprint density at radius 3 is 2.52 bits per heavy atom. The van der Waals surface area contributed by atoms with Crippen LogP contribution in [0.25, 0.3) is 0 Å². The van der Waals surface area contributed by atoms with Crippen LogP contribution in [0.3, 0.4) is 0 Å². The molecule has 0 spiro atoms. The fourth-order valence-electron chi connectivity index (χ4n) is 1.90. The molecule has 0 unspecified atom stereocenters. The highest BCUT2D eigenvalue weighted by Crippen LogP contribution is 2.33. The molecule has 2 aromatic rings. The molecule has 0 aliphatic heterocycles. The molecule has 0 atom stereocenters. The molecule has 0 heterocycles. The minimum absolute atomic E-state index is 0.0466. The number of nitrogens with zero attached hydrogens (tertiary/aromatic N) is 1. The van der Waals surface area contributed by atoms with Crippen molar-refractivity contribution < 1.29 is 13.2 Å². The van der Waals surface area contributed by atoms with E-state index in [1.165, 1.54) is 20.2 Å². The molecule has 0 aliphatic rings. The van der Waals surface area contributed by atoms with Crippen LogP contribution in [-0.2, 0) is 10.0 Å². The molecule has 2 rings (SSSR count). The van der Waals surface area contributed by atoms with E-state index < -0.39 is 10.0 Å². The molecular formula is C14H15BrN2O3S. The van der Waals surface area contributed by atoms with Crippen LogP contribution < -0.4 is 14.8 Å². The standard InChI is InChI=1S/C14H15BrN2O3S/c1-17(12-5-3-4-6-13(12)20-2)21(18,19)14-9-10(15)7-8-11(14)16/h3-9H,16H2,1-2H3. The molecule has 0 saturated carbocycles. The van der Waals surface area contributed by atoms with Crippen LogP contribution >= 0.6 is 15.9 Å². The second kappa shape index (κ2) is 5.95. The minimum Gasteiger partial charge on any atom is -0.495 e. The van der Waals surface area contributed by atoms with Gasteiger partial charge in [0, 0.05) is 11.5 Å². The zero-order valence-corrected chi connectivity index (χ0v) is 14.0. The summed E-state index contributed by atoms with van der Waals surface area (Å²) in [6, 6.07) is 11.6. The zero-order chi connectivity index (χ0) is 15.6. The van der Waals surface area contributed by atoms with Gasteiger partial charge in [0.25, 0.3) is 10.0 Å². The van der Waals surface area contributed by atoms with Crippen LogP contribution in [-0.4, -0.2) is 22.6 Å². The lowest BCUT2D eigenvalue weighted by Gasteiger charge is -2.22. The lowest BCUT2D eigenvalue weighted by atomic mass is 10.3. The summed E-state index contributed by atoms with van der Waals surface area (Å²) < 4.78 is 32.5. The Morgan fingerprint density at radius 1 is 1.19 bits per heavy atom. The smallest absolute Gasteiger partial charge is 0.266 e. The van der Waals surface area contributed by atoms with Crippen molar-refractivity contribution in [1.29, 1.82) is 0 Å². The van der Waals surface area contributed by atoms with Gasteiger partial charge in [0.05, 0.1) is 18.5 Å². The highest BCUT2D eigenvalue weighted by molar-refractivity contribution is 9.10. The number of nitrogen functional groups attached to an aromatic ring is 1. The number of rotatable bonds is 4. The van der Waals surface area contributed by atoms with E-state index in [0.29, 0.717) is 15.9 Å². The predicted octanol–water partition coefficient (Wildman–Crippen LogP) is 2.87. The van der Waals surface area contributed by atoms with Crippen molar-refractivity contribution in [3.63, 3.8) is 0 Å². The first-order valence-corrected chi connectivity index (χ1v) is 8.28. The lowest BCUT2D eigenvalue weighted by molar-refractivity contribution is 0.416. The molecule has 0 radical (unpaired) electrons. The number of sulfonamides is 1. The van der Waals surface area contributed by atoms with Gasteiger partial charge in [-0.15, -0.1) is 0 Å². The number of halogens is 1. The van der Waals surface area contributed by atoms with Gasteiger partial charge < -0.3 is 10.5 Å². The van der Waals surface area contributed by atoms with Gasteiger partial charge in [-0.25, -0.2) is 8.42 Å². The average molecular weight is 371 g/mol. The van der Waals surface area contributed by atoms with E-state index in [2.05, 4.69) is 15.9 Å². The fourth-order valence-corrected chi connectivity index (χ4v) is 3.76. The zero-order valence-electron chi connectivity index (χ0n) is 11.6. The van der Waals surface area contributed by atoms with Crippen molar-refractivity contribution in [1.82, 2.24) is 0 Å². The number of para-hydroxylation sites is 2. The van der Waals surface area contributed by atoms with Crippen LogP contribution in [0.1, 0.15) is 0 Å². The molecule has 0 fully saturated rings. The summed E-state index contributed by atoms with van der Waals surface area (Å²) in [5, 5.41) is 0. The van der Waals surface area contributed by atoms with Gasteiger partial charge in [-0.05, 0) is 30.3 Å². The topological polar surface area (TPSA) is 72.6 Å². The Morgan fingerprint density at radius 2 is 1.86 bits per heavy atom. The third kappa shape index (κ3) is 2.98. The van der Waals surface area contributed by atoms with Gasteiger partial charge in [-0.3, -0.25) is 4.31 Å². The van der Waals surface area contributed by atoms with E-state index in [0.717, 1.165) is 4.31 Å². The van der Waals surface area contributed by atoms with Crippen molar-refractivity contribution in [3.05, 3.63) is 46.9 Å². The monoisotopic (exact) mass is 370 g/mol. The lowest BCUT2D eigenvalue weighted by Crippen LogP contribution is -2.27. The average Bonchev–Trinajstić information content (AvgIpc) is 2.48. The molecule has 112 valence electrons. The maximum absolute atomic E-state index is 12.7. The molecule has 2 aromatic carbocycles. The normalized spacial score (nSPS) is 11.2. The summed E-state index contributed by atoms with van der Waals surface area (Å²) >= 11 is 3.26. The summed E-state index contributed by atoms with van der Waals surface area (Å²) in [5.74, 6) is 0.470. The van der Waals surface area contributed by atoms with Crippen LogP contribution in [0.4, 0.5) is 11.4 Å². The largest absolute Gasteiger partial charge is 0.495 e. The Balaban J connectivity index is 2.55. The number of nitrogens with two attached hydrogens (primary N) is 1. The number of anilines is 2. The third-order valence-electron chi connectivity index (χ3n) is 3.04. The van der Waals surface area contributed by atoms with E-state index >= 15 is 0 Å². The first-order valence-electron chi connectivity index (χ1n) is 6.05. The van der Waals surface area contributed by atoms with Crippen LogP contribution in [0, 0.1) is 0 Å². The summed E-state index contributed by atoms with van der Waals surface area (Å²) in [5.41, 5.74) is 6.44. The minimum atomic E-state index is -3.78. The van der Waals surface area contributed by atoms with E-state index in [4.69, 9.17) is 10.5 Å². The highest BCUT2D eigenvalue weighted by atomic mass is 79.9. The van der Waals surface area contributed by atoms with Crippen LogP contribution in [0.15, 0.2) is 51.8 Å². The molecule has 7 heteroatoms. The second-order valence-corrected chi connectivity index (χ2v) is 7.18. The Hall–Kier alpha value is -1.73. The fraction of sp³-hybridized carbons (Fsp3) is 0.143. The van der Waals surface area contributed by atoms with Gasteiger partial charge in [0.2, 0.25) is 0 Å². The second-order valence-electron chi connectivity index (χ2n) is 4.33. The van der Waals surface area contributed by atoms with Gasteiger partial charge in [-0.2, -0.15) is 0 Å². The maximum atomic E-state index is 12.7. The van der Waals surface area contributed by atoms with E-state index in [1.54, 1.807) is 36.4 Å². The quantitative estimate of drug-likeness (QED) is 0.839. The summed E-state index contributed by atoms with van der Waals surface area (Å²) in [6.07, 6.45) is 0. The molecule has 0 amide bonds. The van der Waals surface area contributed by atoms with E-state index in [9.17, 15) is 8.42 Å². The third-order valence-corrected chi connectivity index (χ3v) is 5.36. The molecule has 0 aromatic heterocycles. The maximum Gasteiger partial charge on any atom is 0.266 e. The highest BCUT2D eigenvalue weighted by Gasteiger charge is 2.25. The van der Waals surface area contributed by atoms with Crippen molar-refractivity contribution in [3.8, 4) is 5.75 Å². The summed E-state index contributed by atoms with van der Waals surface area (Å²) in [7, 11) is -0.821. The van der Waals surface area contributed by atoms with Crippen LogP contribution in [0.2, 0.25) is 0 Å². The SMILES string of the molecule is COc1ccccc1N(C)S(=O)(=O)c1cc(Br)ccc1N. The molecule has 0 bridgehead atoms. The van der Waals surface area contributed by atoms with Gasteiger partial charge in [0.15, 0.2) is 0 Å². The first-order chi connectivity index (χ1) is 9.87. The van der Waals surface area contributed by atoms with Crippen molar-refractivity contribution >= 4 is 37.3 Å². The Kier molecular flexibility index (Phi) is 4.43. The molecule has 0 aliphatic carbocycles. The molecule has 2 N–H and O–H groups in total. The summed E-state index contributed by atoms with van der Waals surface area (Å²) in [4.78, 5) is 0.0466. The number of hydrogen-bond acceptors (Lipinski definition) is 4. The number of ether oxygens (including phenoxy) is 1. The molecular weight excluding hydrogens is 356 g/mol. The Labute approximate surface area is 132 Å². The Bertz CT molecular complexity index is 763. The molecule has 5 nitrogen and oxygen atoms in total. The van der Waals surface area contributed by atoms with Crippen LogP contribution in [0.5, 0.6) is 5.75 Å². The van der Waals surface area contributed by atoms with Gasteiger partial charge in [0.1, 0.15) is 10.6 Å². The van der Waals surface area contributed by atoms with Gasteiger partial charge in [-0.1, -0.05) is 28.1 Å². The summed E-state index contributed by atoms with van der Waals surface area (Å²) in [6.45, 7) is 0. The van der Waals surface area contributed by atoms with Crippen molar-refractivity contribution in [2.45, 2.75) is 4.90 Å². The number of benzene rings is 2. The van der Waals surface area contributed by atoms with Crippen molar-refractivity contribution in [2.24, 2.45) is 0 Å². The van der Waals surface area contributed by atoms with Gasteiger partial charge >= 0.3 is 0 Å². The first kappa shape index (κ1) is 15.7. The number of hydrogen-bond donors (Lipinski definition) is 1. The van der Waals surface area contributed by atoms with E-state index in [1.807, 2.05) is 0 Å².